The molecular weight excluding hydrogens is 323 g/mol. The fourth-order valence-electron chi connectivity index (χ4n) is 2.41. The molecular formula is C16H20Cl2N2O2. The van der Waals surface area contributed by atoms with E-state index in [1.807, 2.05) is 12.1 Å². The standard InChI is InChI=1S/C16H20Cl2N2O2/c1-20(2)15(22)8-4-7-14(21)19-13-9-11(13)10-5-3-6-12(17)16(10)18/h3,5-6,11,13H,4,7-9H2,1-2H3,(H,19,21). The van der Waals surface area contributed by atoms with E-state index in [2.05, 4.69) is 5.32 Å². The molecule has 2 atom stereocenters. The summed E-state index contributed by atoms with van der Waals surface area (Å²) in [7, 11) is 3.43. The minimum absolute atomic E-state index is 0.0165. The van der Waals surface area contributed by atoms with Gasteiger partial charge in [0.15, 0.2) is 0 Å². The number of rotatable bonds is 6. The maximum absolute atomic E-state index is 11.9. The van der Waals surface area contributed by atoms with Gasteiger partial charge in [0.1, 0.15) is 0 Å². The Balaban J connectivity index is 1.76. The first kappa shape index (κ1) is 17.1. The summed E-state index contributed by atoms with van der Waals surface area (Å²) >= 11 is 12.2. The average molecular weight is 343 g/mol. The third-order valence-corrected chi connectivity index (χ3v) is 4.64. The van der Waals surface area contributed by atoms with Crippen LogP contribution in [-0.4, -0.2) is 36.9 Å². The molecule has 1 N–H and O–H groups in total. The van der Waals surface area contributed by atoms with Crippen LogP contribution >= 0.6 is 23.2 Å². The molecule has 0 heterocycles. The summed E-state index contributed by atoms with van der Waals surface area (Å²) in [5.41, 5.74) is 0.988. The highest BCUT2D eigenvalue weighted by atomic mass is 35.5. The molecule has 0 bridgehead atoms. The van der Waals surface area contributed by atoms with Crippen LogP contribution in [0, 0.1) is 0 Å². The molecule has 0 radical (unpaired) electrons. The van der Waals surface area contributed by atoms with Crippen LogP contribution in [0.3, 0.4) is 0 Å². The Hall–Kier alpha value is -1.26. The molecule has 2 rings (SSSR count). The van der Waals surface area contributed by atoms with Crippen LogP contribution in [0.15, 0.2) is 18.2 Å². The Morgan fingerprint density at radius 3 is 2.68 bits per heavy atom. The van der Waals surface area contributed by atoms with Gasteiger partial charge in [0.2, 0.25) is 11.8 Å². The van der Waals surface area contributed by atoms with E-state index >= 15 is 0 Å². The van der Waals surface area contributed by atoms with E-state index in [9.17, 15) is 9.59 Å². The van der Waals surface area contributed by atoms with Gasteiger partial charge in [-0.25, -0.2) is 0 Å². The Labute approximate surface area is 140 Å². The van der Waals surface area contributed by atoms with Gasteiger partial charge >= 0.3 is 0 Å². The number of nitrogens with one attached hydrogen (secondary N) is 1. The Morgan fingerprint density at radius 1 is 1.27 bits per heavy atom. The first-order chi connectivity index (χ1) is 10.4. The van der Waals surface area contributed by atoms with Gasteiger partial charge in [-0.15, -0.1) is 0 Å². The van der Waals surface area contributed by atoms with Crippen molar-refractivity contribution in [3.05, 3.63) is 33.8 Å². The molecule has 1 aliphatic rings. The zero-order chi connectivity index (χ0) is 16.3. The average Bonchev–Trinajstić information content (AvgIpc) is 3.20. The van der Waals surface area contributed by atoms with Gasteiger partial charge in [-0.1, -0.05) is 35.3 Å². The molecule has 0 aromatic heterocycles. The smallest absolute Gasteiger partial charge is 0.222 e. The SMILES string of the molecule is CN(C)C(=O)CCCC(=O)NC1CC1c1cccc(Cl)c1Cl. The van der Waals surface area contributed by atoms with Crippen molar-refractivity contribution in [2.75, 3.05) is 14.1 Å². The Bertz CT molecular complexity index is 575. The maximum Gasteiger partial charge on any atom is 0.222 e. The summed E-state index contributed by atoms with van der Waals surface area (Å²) in [6.07, 6.45) is 2.21. The number of carbonyl (C=O) groups excluding carboxylic acids is 2. The molecule has 1 fully saturated rings. The third kappa shape index (κ3) is 4.37. The Kier molecular flexibility index (Phi) is 5.70. The molecule has 0 aliphatic heterocycles. The lowest BCUT2D eigenvalue weighted by Gasteiger charge is -2.10. The van der Waals surface area contributed by atoms with Crippen molar-refractivity contribution in [3.8, 4) is 0 Å². The molecule has 2 unspecified atom stereocenters. The van der Waals surface area contributed by atoms with Crippen molar-refractivity contribution >= 4 is 35.0 Å². The summed E-state index contributed by atoms with van der Waals surface area (Å²) in [5.74, 6) is 0.263. The highest BCUT2D eigenvalue weighted by Crippen LogP contribution is 2.45. The van der Waals surface area contributed by atoms with E-state index in [4.69, 9.17) is 23.2 Å². The number of hydrogen-bond acceptors (Lipinski definition) is 2. The maximum atomic E-state index is 11.9. The molecule has 6 heteroatoms. The van der Waals surface area contributed by atoms with E-state index in [0.717, 1.165) is 12.0 Å². The highest BCUT2D eigenvalue weighted by molar-refractivity contribution is 6.42. The van der Waals surface area contributed by atoms with Crippen LogP contribution in [0.5, 0.6) is 0 Å². The molecule has 4 nitrogen and oxygen atoms in total. The molecule has 1 aromatic rings. The van der Waals surface area contributed by atoms with Gasteiger partial charge in [0.25, 0.3) is 0 Å². The van der Waals surface area contributed by atoms with E-state index in [1.165, 1.54) is 4.90 Å². The van der Waals surface area contributed by atoms with Crippen molar-refractivity contribution in [2.24, 2.45) is 0 Å². The lowest BCUT2D eigenvalue weighted by molar-refractivity contribution is -0.129. The van der Waals surface area contributed by atoms with Crippen molar-refractivity contribution in [3.63, 3.8) is 0 Å². The molecule has 22 heavy (non-hydrogen) atoms. The zero-order valence-corrected chi connectivity index (χ0v) is 14.2. The largest absolute Gasteiger partial charge is 0.353 e. The number of benzene rings is 1. The summed E-state index contributed by atoms with van der Waals surface area (Å²) in [6.45, 7) is 0. The molecule has 0 spiro atoms. The van der Waals surface area contributed by atoms with Crippen molar-refractivity contribution in [2.45, 2.75) is 37.6 Å². The van der Waals surface area contributed by atoms with Crippen molar-refractivity contribution in [1.82, 2.24) is 10.2 Å². The van der Waals surface area contributed by atoms with Crippen molar-refractivity contribution < 1.29 is 9.59 Å². The van der Waals surface area contributed by atoms with E-state index < -0.39 is 0 Å². The lowest BCUT2D eigenvalue weighted by Crippen LogP contribution is -2.27. The predicted octanol–water partition coefficient (Wildman–Crippen LogP) is 3.22. The predicted molar refractivity (Wildman–Crippen MR) is 88.3 cm³/mol. The fourth-order valence-corrected chi connectivity index (χ4v) is 2.86. The topological polar surface area (TPSA) is 49.4 Å². The van der Waals surface area contributed by atoms with Crippen LogP contribution in [-0.2, 0) is 9.59 Å². The van der Waals surface area contributed by atoms with Crippen LogP contribution < -0.4 is 5.32 Å². The van der Waals surface area contributed by atoms with Crippen LogP contribution in [0.1, 0.15) is 37.2 Å². The third-order valence-electron chi connectivity index (χ3n) is 3.81. The minimum Gasteiger partial charge on any atom is -0.353 e. The molecule has 120 valence electrons. The van der Waals surface area contributed by atoms with E-state index in [1.54, 1.807) is 20.2 Å². The second-order valence-electron chi connectivity index (χ2n) is 5.80. The van der Waals surface area contributed by atoms with Crippen LogP contribution in [0.2, 0.25) is 10.0 Å². The molecule has 2 amide bonds. The summed E-state index contributed by atoms with van der Waals surface area (Å²) < 4.78 is 0. The van der Waals surface area contributed by atoms with E-state index in [-0.39, 0.29) is 23.8 Å². The number of halogens is 2. The van der Waals surface area contributed by atoms with Gasteiger partial charge in [0, 0.05) is 38.9 Å². The quantitative estimate of drug-likeness (QED) is 0.862. The number of nitrogens with zero attached hydrogens (tertiary/aromatic N) is 1. The van der Waals surface area contributed by atoms with Crippen LogP contribution in [0.25, 0.3) is 0 Å². The summed E-state index contributed by atoms with van der Waals surface area (Å²) in [5, 5.41) is 4.10. The monoisotopic (exact) mass is 342 g/mol. The molecule has 1 saturated carbocycles. The van der Waals surface area contributed by atoms with Gasteiger partial charge in [0.05, 0.1) is 10.0 Å². The summed E-state index contributed by atoms with van der Waals surface area (Å²) in [4.78, 5) is 24.8. The zero-order valence-electron chi connectivity index (χ0n) is 12.7. The first-order valence-electron chi connectivity index (χ1n) is 7.33. The first-order valence-corrected chi connectivity index (χ1v) is 8.09. The van der Waals surface area contributed by atoms with Crippen molar-refractivity contribution in [1.29, 1.82) is 0 Å². The van der Waals surface area contributed by atoms with Gasteiger partial charge in [-0.05, 0) is 24.5 Å². The fraction of sp³-hybridized carbons (Fsp3) is 0.500. The molecule has 0 saturated heterocycles. The second kappa shape index (κ2) is 7.34. The highest BCUT2D eigenvalue weighted by Gasteiger charge is 2.40. The van der Waals surface area contributed by atoms with Gasteiger partial charge in [-0.2, -0.15) is 0 Å². The van der Waals surface area contributed by atoms with Crippen LogP contribution in [0.4, 0.5) is 0 Å². The summed E-state index contributed by atoms with van der Waals surface area (Å²) in [6, 6.07) is 5.69. The Morgan fingerprint density at radius 2 is 2.00 bits per heavy atom. The normalized spacial score (nSPS) is 19.6. The number of carbonyl (C=O) groups is 2. The van der Waals surface area contributed by atoms with Gasteiger partial charge in [-0.3, -0.25) is 9.59 Å². The number of amides is 2. The molecule has 1 aliphatic carbocycles. The lowest BCUT2D eigenvalue weighted by atomic mass is 10.1. The minimum atomic E-state index is -0.0165. The molecule has 1 aromatic carbocycles. The van der Waals surface area contributed by atoms with Gasteiger partial charge < -0.3 is 10.2 Å². The van der Waals surface area contributed by atoms with E-state index in [0.29, 0.717) is 29.3 Å². The second-order valence-corrected chi connectivity index (χ2v) is 6.59. The number of hydrogen-bond donors (Lipinski definition) is 1.